The van der Waals surface area contributed by atoms with Crippen LogP contribution in [0.3, 0.4) is 0 Å². The van der Waals surface area contributed by atoms with E-state index in [2.05, 4.69) is 5.32 Å². The fourth-order valence-corrected chi connectivity index (χ4v) is 3.17. The van der Waals surface area contributed by atoms with Gasteiger partial charge in [-0.15, -0.1) is 12.4 Å². The molecule has 0 aromatic carbocycles. The number of halogens is 1. The van der Waals surface area contributed by atoms with Gasteiger partial charge in [-0.2, -0.15) is 0 Å². The number of rotatable bonds is 3. The SMILES string of the molecule is Cl.O=C(CO[C@H]1CO[C@@]2(CCNC2)C1)N1CCCC1. The van der Waals surface area contributed by atoms with Crippen LogP contribution in [0.15, 0.2) is 0 Å². The zero-order valence-electron chi connectivity index (χ0n) is 11.2. The third-order valence-electron chi connectivity index (χ3n) is 4.28. The van der Waals surface area contributed by atoms with Gasteiger partial charge in [-0.25, -0.2) is 0 Å². The highest BCUT2D eigenvalue weighted by molar-refractivity contribution is 5.85. The van der Waals surface area contributed by atoms with Crippen molar-refractivity contribution in [3.63, 3.8) is 0 Å². The minimum atomic E-state index is -0.0125. The van der Waals surface area contributed by atoms with Crippen LogP contribution in [0.5, 0.6) is 0 Å². The van der Waals surface area contributed by atoms with Crippen molar-refractivity contribution in [1.82, 2.24) is 10.2 Å². The van der Waals surface area contributed by atoms with Crippen LogP contribution in [0.2, 0.25) is 0 Å². The summed E-state index contributed by atoms with van der Waals surface area (Å²) in [5.74, 6) is 0.137. The topological polar surface area (TPSA) is 50.8 Å². The molecular formula is C13H23ClN2O3. The van der Waals surface area contributed by atoms with Crippen molar-refractivity contribution >= 4 is 18.3 Å². The van der Waals surface area contributed by atoms with Crippen LogP contribution < -0.4 is 5.32 Å². The largest absolute Gasteiger partial charge is 0.371 e. The Morgan fingerprint density at radius 3 is 2.89 bits per heavy atom. The van der Waals surface area contributed by atoms with Gasteiger partial charge in [0.25, 0.3) is 0 Å². The average Bonchev–Trinajstić information content (AvgIpc) is 3.09. The molecule has 3 saturated heterocycles. The maximum Gasteiger partial charge on any atom is 0.248 e. The van der Waals surface area contributed by atoms with Crippen LogP contribution in [0, 0.1) is 0 Å². The van der Waals surface area contributed by atoms with Crippen LogP contribution >= 0.6 is 12.4 Å². The number of carbonyl (C=O) groups excluding carboxylic acids is 1. The lowest BCUT2D eigenvalue weighted by atomic mass is 9.98. The van der Waals surface area contributed by atoms with Gasteiger partial charge in [0.2, 0.25) is 5.91 Å². The molecule has 3 aliphatic rings. The fraction of sp³-hybridized carbons (Fsp3) is 0.923. The lowest BCUT2D eigenvalue weighted by Gasteiger charge is -2.20. The highest BCUT2D eigenvalue weighted by Crippen LogP contribution is 2.32. The number of ether oxygens (including phenoxy) is 2. The molecule has 6 heteroatoms. The molecule has 19 heavy (non-hydrogen) atoms. The standard InChI is InChI=1S/C13H22N2O3.ClH/c16-12(15-5-1-2-6-15)9-17-11-7-13(18-8-11)3-4-14-10-13;/h11,14H,1-10H2;1H/t11-,13+;/m1./s1. The normalized spacial score (nSPS) is 33.9. The lowest BCUT2D eigenvalue weighted by molar-refractivity contribution is -0.137. The molecule has 3 aliphatic heterocycles. The molecule has 110 valence electrons. The summed E-state index contributed by atoms with van der Waals surface area (Å²) >= 11 is 0. The molecule has 1 spiro atoms. The van der Waals surface area contributed by atoms with E-state index in [1.807, 2.05) is 4.90 Å². The summed E-state index contributed by atoms with van der Waals surface area (Å²) in [6.07, 6.45) is 4.34. The summed E-state index contributed by atoms with van der Waals surface area (Å²) in [5.41, 5.74) is -0.0125. The van der Waals surface area contributed by atoms with Gasteiger partial charge in [0, 0.05) is 26.1 Å². The number of nitrogens with zero attached hydrogens (tertiary/aromatic N) is 1. The Kier molecular flexibility index (Phi) is 5.06. The van der Waals surface area contributed by atoms with Gasteiger partial charge in [-0.05, 0) is 25.8 Å². The highest BCUT2D eigenvalue weighted by Gasteiger charge is 2.43. The summed E-state index contributed by atoms with van der Waals surface area (Å²) in [6, 6.07) is 0. The second-order valence-electron chi connectivity index (χ2n) is 5.65. The minimum absolute atomic E-state index is 0. The van der Waals surface area contributed by atoms with Crippen molar-refractivity contribution in [3.05, 3.63) is 0 Å². The molecular weight excluding hydrogens is 268 g/mol. The van der Waals surface area contributed by atoms with Crippen molar-refractivity contribution in [2.45, 2.75) is 37.4 Å². The van der Waals surface area contributed by atoms with E-state index < -0.39 is 0 Å². The first-order valence-electron chi connectivity index (χ1n) is 7.02. The average molecular weight is 291 g/mol. The third-order valence-corrected chi connectivity index (χ3v) is 4.28. The fourth-order valence-electron chi connectivity index (χ4n) is 3.17. The van der Waals surface area contributed by atoms with Crippen molar-refractivity contribution in [2.24, 2.45) is 0 Å². The van der Waals surface area contributed by atoms with Crippen LogP contribution in [-0.2, 0) is 14.3 Å². The molecule has 3 rings (SSSR count). The predicted octanol–water partition coefficient (Wildman–Crippen LogP) is 0.568. The summed E-state index contributed by atoms with van der Waals surface area (Å²) < 4.78 is 11.6. The number of hydrogen-bond donors (Lipinski definition) is 1. The predicted molar refractivity (Wildman–Crippen MR) is 73.6 cm³/mol. The Morgan fingerprint density at radius 2 is 2.21 bits per heavy atom. The van der Waals surface area contributed by atoms with Crippen LogP contribution in [-0.4, -0.2) is 61.9 Å². The van der Waals surface area contributed by atoms with E-state index in [9.17, 15) is 4.79 Å². The van der Waals surface area contributed by atoms with Gasteiger partial charge in [0.15, 0.2) is 0 Å². The van der Waals surface area contributed by atoms with Crippen LogP contribution in [0.4, 0.5) is 0 Å². The first kappa shape index (κ1) is 15.0. The smallest absolute Gasteiger partial charge is 0.248 e. The van der Waals surface area contributed by atoms with Crippen molar-refractivity contribution in [1.29, 1.82) is 0 Å². The number of hydrogen-bond acceptors (Lipinski definition) is 4. The number of amides is 1. The van der Waals surface area contributed by atoms with E-state index in [0.717, 1.165) is 51.9 Å². The molecule has 1 amide bonds. The monoisotopic (exact) mass is 290 g/mol. The maximum atomic E-state index is 11.9. The number of likely N-dealkylation sites (tertiary alicyclic amines) is 1. The summed E-state index contributed by atoms with van der Waals surface area (Å²) in [7, 11) is 0. The number of nitrogens with one attached hydrogen (secondary N) is 1. The van der Waals surface area contributed by atoms with Gasteiger partial charge in [-0.1, -0.05) is 0 Å². The van der Waals surface area contributed by atoms with Crippen molar-refractivity contribution < 1.29 is 14.3 Å². The Balaban J connectivity index is 0.00000133. The Bertz CT molecular complexity index is 315. The van der Waals surface area contributed by atoms with E-state index >= 15 is 0 Å². The zero-order chi connectivity index (χ0) is 12.4. The molecule has 0 bridgehead atoms. The Hall–Kier alpha value is -0.360. The zero-order valence-corrected chi connectivity index (χ0v) is 12.0. The minimum Gasteiger partial charge on any atom is -0.371 e. The molecule has 0 aromatic heterocycles. The Morgan fingerprint density at radius 1 is 1.42 bits per heavy atom. The van der Waals surface area contributed by atoms with Gasteiger partial charge in [0.1, 0.15) is 6.61 Å². The quantitative estimate of drug-likeness (QED) is 0.826. The molecule has 5 nitrogen and oxygen atoms in total. The molecule has 2 atom stereocenters. The molecule has 0 radical (unpaired) electrons. The van der Waals surface area contributed by atoms with Gasteiger partial charge >= 0.3 is 0 Å². The second-order valence-corrected chi connectivity index (χ2v) is 5.65. The molecule has 3 heterocycles. The first-order chi connectivity index (χ1) is 8.77. The first-order valence-corrected chi connectivity index (χ1v) is 7.02. The molecule has 0 aliphatic carbocycles. The van der Waals surface area contributed by atoms with Gasteiger partial charge < -0.3 is 19.7 Å². The third kappa shape index (κ3) is 3.40. The summed E-state index contributed by atoms with van der Waals surface area (Å²) in [4.78, 5) is 13.8. The van der Waals surface area contributed by atoms with E-state index in [1.165, 1.54) is 0 Å². The van der Waals surface area contributed by atoms with E-state index in [-0.39, 0.29) is 36.6 Å². The maximum absolute atomic E-state index is 11.9. The van der Waals surface area contributed by atoms with E-state index in [1.54, 1.807) is 0 Å². The molecule has 0 saturated carbocycles. The Labute approximate surface area is 120 Å². The summed E-state index contributed by atoms with van der Waals surface area (Å²) in [5, 5.41) is 3.33. The van der Waals surface area contributed by atoms with Crippen LogP contribution in [0.1, 0.15) is 25.7 Å². The van der Waals surface area contributed by atoms with Crippen LogP contribution in [0.25, 0.3) is 0 Å². The summed E-state index contributed by atoms with van der Waals surface area (Å²) in [6.45, 7) is 4.60. The highest BCUT2D eigenvalue weighted by atomic mass is 35.5. The van der Waals surface area contributed by atoms with Gasteiger partial charge in [-0.3, -0.25) is 4.79 Å². The molecule has 0 unspecified atom stereocenters. The van der Waals surface area contributed by atoms with Crippen molar-refractivity contribution in [2.75, 3.05) is 39.4 Å². The molecule has 1 N–H and O–H groups in total. The molecule has 3 fully saturated rings. The van der Waals surface area contributed by atoms with Crippen molar-refractivity contribution in [3.8, 4) is 0 Å². The van der Waals surface area contributed by atoms with E-state index in [0.29, 0.717) is 6.61 Å². The second kappa shape index (κ2) is 6.39. The number of carbonyl (C=O) groups is 1. The van der Waals surface area contributed by atoms with Gasteiger partial charge in [0.05, 0.1) is 18.3 Å². The molecule has 0 aromatic rings. The van der Waals surface area contributed by atoms with E-state index in [4.69, 9.17) is 9.47 Å². The lowest BCUT2D eigenvalue weighted by Crippen LogP contribution is -2.34.